The maximum absolute atomic E-state index is 12.0. The first kappa shape index (κ1) is 12.9. The molecule has 0 spiro atoms. The lowest BCUT2D eigenvalue weighted by Crippen LogP contribution is -2.16. The Balaban J connectivity index is 1.78. The minimum atomic E-state index is -0.297. The highest BCUT2D eigenvalue weighted by Gasteiger charge is 2.14. The van der Waals surface area contributed by atoms with Gasteiger partial charge in [0.25, 0.3) is 5.91 Å². The predicted octanol–water partition coefficient (Wildman–Crippen LogP) is 3.04. The monoisotopic (exact) mass is 308 g/mol. The number of rotatable bonds is 3. The number of carbonyl (C=O) groups is 1. The molecule has 0 aliphatic carbocycles. The van der Waals surface area contributed by atoms with Crippen molar-refractivity contribution in [1.29, 1.82) is 0 Å². The summed E-state index contributed by atoms with van der Waals surface area (Å²) in [5.41, 5.74) is 0.439. The molecule has 0 aliphatic heterocycles. The van der Waals surface area contributed by atoms with E-state index in [0.29, 0.717) is 21.6 Å². The predicted molar refractivity (Wildman–Crippen MR) is 76.0 cm³/mol. The smallest absolute Gasteiger partial charge is 0.275 e. The van der Waals surface area contributed by atoms with E-state index in [1.165, 1.54) is 16.0 Å². The van der Waals surface area contributed by atoms with Crippen LogP contribution in [0.5, 0.6) is 0 Å². The fourth-order valence-corrected chi connectivity index (χ4v) is 2.67. The number of amides is 1. The van der Waals surface area contributed by atoms with E-state index in [-0.39, 0.29) is 5.91 Å². The third kappa shape index (κ3) is 2.45. The number of aromatic nitrogens is 3. The maximum atomic E-state index is 12.0. The van der Waals surface area contributed by atoms with Gasteiger partial charge in [0.1, 0.15) is 5.69 Å². The quantitative estimate of drug-likeness (QED) is 0.807. The molecular formula is C12H9ClN4O2S. The molecule has 3 aromatic rings. The SMILES string of the molecule is Cn1nccc1C(=O)Nc1cc(-c2ccc(Cl)s2)on1. The summed E-state index contributed by atoms with van der Waals surface area (Å²) in [5, 5.41) is 10.4. The fourth-order valence-electron chi connectivity index (χ4n) is 1.67. The van der Waals surface area contributed by atoms with E-state index < -0.39 is 0 Å². The molecule has 0 bridgehead atoms. The van der Waals surface area contributed by atoms with Gasteiger partial charge in [0.05, 0.1) is 9.21 Å². The van der Waals surface area contributed by atoms with Crippen LogP contribution in [0.15, 0.2) is 35.0 Å². The van der Waals surface area contributed by atoms with Crippen LogP contribution < -0.4 is 5.32 Å². The van der Waals surface area contributed by atoms with Gasteiger partial charge in [0.2, 0.25) is 0 Å². The summed E-state index contributed by atoms with van der Waals surface area (Å²) in [5.74, 6) is 0.604. The third-order valence-electron chi connectivity index (χ3n) is 2.62. The van der Waals surface area contributed by atoms with E-state index in [9.17, 15) is 4.79 Å². The van der Waals surface area contributed by atoms with Gasteiger partial charge in [0.15, 0.2) is 11.6 Å². The van der Waals surface area contributed by atoms with Gasteiger partial charge >= 0.3 is 0 Å². The van der Waals surface area contributed by atoms with Crippen molar-refractivity contribution in [2.24, 2.45) is 7.05 Å². The van der Waals surface area contributed by atoms with Crippen molar-refractivity contribution in [3.8, 4) is 10.6 Å². The number of carbonyl (C=O) groups excluding carboxylic acids is 1. The molecule has 3 heterocycles. The molecule has 20 heavy (non-hydrogen) atoms. The number of halogens is 1. The Kier molecular flexibility index (Phi) is 3.29. The van der Waals surface area contributed by atoms with Crippen LogP contribution in [0.1, 0.15) is 10.5 Å². The Morgan fingerprint density at radius 2 is 2.30 bits per heavy atom. The Morgan fingerprint density at radius 1 is 1.45 bits per heavy atom. The molecule has 0 saturated heterocycles. The van der Waals surface area contributed by atoms with Crippen LogP contribution in [0, 0.1) is 0 Å². The van der Waals surface area contributed by atoms with Crippen molar-refractivity contribution < 1.29 is 9.32 Å². The summed E-state index contributed by atoms with van der Waals surface area (Å²) in [4.78, 5) is 12.8. The van der Waals surface area contributed by atoms with Crippen molar-refractivity contribution >= 4 is 34.7 Å². The van der Waals surface area contributed by atoms with Crippen LogP contribution in [0.4, 0.5) is 5.82 Å². The summed E-state index contributed by atoms with van der Waals surface area (Å²) in [6.07, 6.45) is 1.55. The van der Waals surface area contributed by atoms with Crippen LogP contribution in [0.3, 0.4) is 0 Å². The number of hydrogen-bond donors (Lipinski definition) is 1. The molecule has 3 aromatic heterocycles. The molecule has 102 valence electrons. The normalized spacial score (nSPS) is 10.7. The maximum Gasteiger partial charge on any atom is 0.275 e. The zero-order chi connectivity index (χ0) is 14.1. The number of aryl methyl sites for hydroxylation is 1. The lowest BCUT2D eigenvalue weighted by atomic mass is 10.3. The molecule has 0 aromatic carbocycles. The number of hydrogen-bond acceptors (Lipinski definition) is 5. The lowest BCUT2D eigenvalue weighted by molar-refractivity contribution is 0.101. The van der Waals surface area contributed by atoms with Gasteiger partial charge in [-0.05, 0) is 18.2 Å². The van der Waals surface area contributed by atoms with E-state index in [4.69, 9.17) is 16.1 Å². The van der Waals surface area contributed by atoms with E-state index in [0.717, 1.165) is 4.88 Å². The first-order chi connectivity index (χ1) is 9.63. The van der Waals surface area contributed by atoms with Gasteiger partial charge < -0.3 is 9.84 Å². The molecular weight excluding hydrogens is 300 g/mol. The Bertz CT molecular complexity index is 761. The van der Waals surface area contributed by atoms with Crippen LogP contribution in [0.25, 0.3) is 10.6 Å². The first-order valence-corrected chi connectivity index (χ1v) is 6.85. The minimum Gasteiger partial charge on any atom is -0.353 e. The average molecular weight is 309 g/mol. The van der Waals surface area contributed by atoms with Crippen LogP contribution >= 0.6 is 22.9 Å². The van der Waals surface area contributed by atoms with Gasteiger partial charge in [-0.1, -0.05) is 16.8 Å². The van der Waals surface area contributed by atoms with Gasteiger partial charge in [0, 0.05) is 19.3 Å². The average Bonchev–Trinajstić information content (AvgIpc) is 3.10. The second kappa shape index (κ2) is 5.10. The molecule has 0 atom stereocenters. The number of anilines is 1. The standard InChI is InChI=1S/C12H9ClN4O2S/c1-17-7(4-5-14-17)12(18)15-11-6-8(19-16-11)9-2-3-10(13)20-9/h2-6H,1H3,(H,15,16,18). The molecule has 0 unspecified atom stereocenters. The summed E-state index contributed by atoms with van der Waals surface area (Å²) >= 11 is 7.24. The minimum absolute atomic E-state index is 0.297. The van der Waals surface area contributed by atoms with Gasteiger partial charge in [-0.3, -0.25) is 9.48 Å². The zero-order valence-electron chi connectivity index (χ0n) is 10.3. The molecule has 6 nitrogen and oxygen atoms in total. The summed E-state index contributed by atoms with van der Waals surface area (Å²) in [6.45, 7) is 0. The Morgan fingerprint density at radius 3 is 2.95 bits per heavy atom. The summed E-state index contributed by atoms with van der Waals surface area (Å²) in [7, 11) is 1.69. The van der Waals surface area contributed by atoms with E-state index in [2.05, 4.69) is 15.6 Å². The largest absolute Gasteiger partial charge is 0.353 e. The highest BCUT2D eigenvalue weighted by atomic mass is 35.5. The fraction of sp³-hybridized carbons (Fsp3) is 0.0833. The van der Waals surface area contributed by atoms with Gasteiger partial charge in [-0.25, -0.2) is 0 Å². The van der Waals surface area contributed by atoms with Gasteiger partial charge in [-0.2, -0.15) is 5.10 Å². The number of nitrogens with one attached hydrogen (secondary N) is 1. The molecule has 1 amide bonds. The lowest BCUT2D eigenvalue weighted by Gasteiger charge is -2.00. The molecule has 0 aliphatic rings. The van der Waals surface area contributed by atoms with E-state index in [1.807, 2.05) is 6.07 Å². The van der Waals surface area contributed by atoms with Crippen molar-refractivity contribution in [2.75, 3.05) is 5.32 Å². The molecule has 0 saturated carbocycles. The molecule has 3 rings (SSSR count). The topological polar surface area (TPSA) is 73.0 Å². The number of nitrogens with zero attached hydrogens (tertiary/aromatic N) is 3. The van der Waals surface area contributed by atoms with Crippen molar-refractivity contribution in [1.82, 2.24) is 14.9 Å². The van der Waals surface area contributed by atoms with Crippen molar-refractivity contribution in [3.63, 3.8) is 0 Å². The van der Waals surface area contributed by atoms with Crippen LogP contribution in [-0.2, 0) is 7.05 Å². The van der Waals surface area contributed by atoms with Crippen molar-refractivity contribution in [3.05, 3.63) is 40.5 Å². The zero-order valence-corrected chi connectivity index (χ0v) is 11.9. The molecule has 1 N–H and O–H groups in total. The second-order valence-electron chi connectivity index (χ2n) is 3.97. The Labute approximate surface area is 123 Å². The molecule has 0 radical (unpaired) electrons. The summed E-state index contributed by atoms with van der Waals surface area (Å²) in [6, 6.07) is 6.88. The highest BCUT2D eigenvalue weighted by Crippen LogP contribution is 2.32. The first-order valence-electron chi connectivity index (χ1n) is 5.65. The van der Waals surface area contributed by atoms with Crippen molar-refractivity contribution in [2.45, 2.75) is 0 Å². The third-order valence-corrected chi connectivity index (χ3v) is 3.87. The molecule has 8 heteroatoms. The Hall–Kier alpha value is -2.12. The second-order valence-corrected chi connectivity index (χ2v) is 5.69. The summed E-state index contributed by atoms with van der Waals surface area (Å²) < 4.78 is 7.32. The van der Waals surface area contributed by atoms with Gasteiger partial charge in [-0.15, -0.1) is 11.3 Å². The van der Waals surface area contributed by atoms with Crippen LogP contribution in [-0.4, -0.2) is 20.8 Å². The van der Waals surface area contributed by atoms with E-state index in [1.54, 1.807) is 31.4 Å². The highest BCUT2D eigenvalue weighted by molar-refractivity contribution is 7.19. The van der Waals surface area contributed by atoms with E-state index >= 15 is 0 Å². The van der Waals surface area contributed by atoms with Crippen LogP contribution in [0.2, 0.25) is 4.34 Å². The number of thiophene rings is 1. The molecule has 0 fully saturated rings.